The number of carbonyl (C=O) groups is 2. The molecule has 1 fully saturated rings. The largest absolute Gasteiger partial charge is 0.349 e. The van der Waals surface area contributed by atoms with Gasteiger partial charge in [-0.05, 0) is 50.5 Å². The first-order valence-corrected chi connectivity index (χ1v) is 9.06. The molecule has 1 aliphatic rings. The molecule has 3 N–H and O–H groups in total. The number of H-pyrrole nitrogens is 1. The van der Waals surface area contributed by atoms with E-state index in [1.165, 1.54) is 0 Å². The molecule has 1 saturated heterocycles. The van der Waals surface area contributed by atoms with Gasteiger partial charge in [0.25, 0.3) is 11.5 Å². The van der Waals surface area contributed by atoms with Gasteiger partial charge in [0.1, 0.15) is 5.56 Å². The van der Waals surface area contributed by atoms with E-state index < -0.39 is 0 Å². The number of pyridine rings is 1. The maximum atomic E-state index is 12.4. The summed E-state index contributed by atoms with van der Waals surface area (Å²) >= 11 is 0. The number of para-hydroxylation sites is 1. The predicted octanol–water partition coefficient (Wildman–Crippen LogP) is 2.42. The van der Waals surface area contributed by atoms with Crippen molar-refractivity contribution in [3.05, 3.63) is 63.6 Å². The molecule has 2 heterocycles. The number of nitrogens with zero attached hydrogens (tertiary/aromatic N) is 1. The minimum absolute atomic E-state index is 0.0562. The van der Waals surface area contributed by atoms with Crippen molar-refractivity contribution in [2.45, 2.75) is 32.7 Å². The molecule has 0 radical (unpaired) electrons. The van der Waals surface area contributed by atoms with Crippen LogP contribution in [0.4, 0.5) is 10.5 Å². The average Bonchev–Trinajstić information content (AvgIpc) is 2.66. The van der Waals surface area contributed by atoms with Crippen LogP contribution < -0.4 is 16.2 Å². The fourth-order valence-electron chi connectivity index (χ4n) is 3.11. The molecule has 0 aliphatic carbocycles. The van der Waals surface area contributed by atoms with Gasteiger partial charge in [-0.25, -0.2) is 4.79 Å². The lowest BCUT2D eigenvalue weighted by atomic mass is 10.0. The second-order valence-corrected chi connectivity index (χ2v) is 6.85. The Labute approximate surface area is 157 Å². The number of anilines is 1. The highest BCUT2D eigenvalue weighted by atomic mass is 16.2. The maximum absolute atomic E-state index is 12.4. The average molecular weight is 368 g/mol. The zero-order valence-electron chi connectivity index (χ0n) is 15.5. The molecule has 3 rings (SSSR count). The monoisotopic (exact) mass is 368 g/mol. The lowest BCUT2D eigenvalue weighted by molar-refractivity contribution is 0.0917. The van der Waals surface area contributed by atoms with Gasteiger partial charge in [0.05, 0.1) is 0 Å². The zero-order valence-corrected chi connectivity index (χ0v) is 15.5. The maximum Gasteiger partial charge on any atom is 0.321 e. The van der Waals surface area contributed by atoms with E-state index in [0.29, 0.717) is 25.9 Å². The molecule has 142 valence electrons. The van der Waals surface area contributed by atoms with Crippen LogP contribution in [0.15, 0.2) is 41.2 Å². The first-order valence-electron chi connectivity index (χ1n) is 9.06. The smallest absolute Gasteiger partial charge is 0.321 e. The molecule has 1 aromatic carbocycles. The predicted molar refractivity (Wildman–Crippen MR) is 104 cm³/mol. The molecule has 0 saturated carbocycles. The van der Waals surface area contributed by atoms with Crippen LogP contribution in [0.3, 0.4) is 0 Å². The number of nitrogens with one attached hydrogen (secondary N) is 3. The van der Waals surface area contributed by atoms with Crippen molar-refractivity contribution in [3.63, 3.8) is 0 Å². The summed E-state index contributed by atoms with van der Waals surface area (Å²) in [6, 6.07) is 10.7. The summed E-state index contributed by atoms with van der Waals surface area (Å²) in [5.74, 6) is -0.369. The van der Waals surface area contributed by atoms with Crippen molar-refractivity contribution >= 4 is 17.6 Å². The summed E-state index contributed by atoms with van der Waals surface area (Å²) in [6.45, 7) is 4.75. The van der Waals surface area contributed by atoms with Crippen LogP contribution in [0.25, 0.3) is 0 Å². The van der Waals surface area contributed by atoms with Crippen LogP contribution in [-0.4, -0.2) is 41.0 Å². The molecule has 0 unspecified atom stereocenters. The Kier molecular flexibility index (Phi) is 5.59. The minimum Gasteiger partial charge on any atom is -0.349 e. The van der Waals surface area contributed by atoms with E-state index in [1.807, 2.05) is 37.3 Å². The number of amides is 3. The Bertz CT molecular complexity index is 884. The number of likely N-dealkylation sites (tertiary alicyclic amines) is 1. The van der Waals surface area contributed by atoms with E-state index >= 15 is 0 Å². The molecule has 27 heavy (non-hydrogen) atoms. The quantitative estimate of drug-likeness (QED) is 0.776. The summed E-state index contributed by atoms with van der Waals surface area (Å²) in [5, 5.41) is 5.78. The fraction of sp³-hybridized carbons (Fsp3) is 0.350. The summed E-state index contributed by atoms with van der Waals surface area (Å²) in [7, 11) is 0. The third-order valence-corrected chi connectivity index (χ3v) is 4.89. The van der Waals surface area contributed by atoms with Gasteiger partial charge < -0.3 is 20.5 Å². The molecule has 0 bridgehead atoms. The minimum atomic E-state index is -0.379. The van der Waals surface area contributed by atoms with Gasteiger partial charge in [-0.3, -0.25) is 9.59 Å². The Morgan fingerprint density at radius 1 is 1.11 bits per heavy atom. The summed E-state index contributed by atoms with van der Waals surface area (Å²) in [5.41, 5.74) is 2.13. The van der Waals surface area contributed by atoms with Gasteiger partial charge in [0.15, 0.2) is 0 Å². The van der Waals surface area contributed by atoms with Crippen LogP contribution in [0.5, 0.6) is 0 Å². The number of benzene rings is 1. The highest BCUT2D eigenvalue weighted by Gasteiger charge is 2.25. The van der Waals surface area contributed by atoms with Crippen molar-refractivity contribution in [1.82, 2.24) is 15.2 Å². The first kappa shape index (κ1) is 18.7. The number of hydrogen-bond donors (Lipinski definition) is 3. The van der Waals surface area contributed by atoms with Crippen molar-refractivity contribution in [1.29, 1.82) is 0 Å². The SMILES string of the molecule is Cc1cc(C(=O)NC2CCN(C(=O)Nc3ccccc3)CC2)c(=O)[nH]c1C. The number of rotatable bonds is 3. The van der Waals surface area contributed by atoms with Gasteiger partial charge in [0, 0.05) is 30.5 Å². The molecule has 1 aromatic heterocycles. The summed E-state index contributed by atoms with van der Waals surface area (Å²) in [4.78, 5) is 41.2. The number of aryl methyl sites for hydroxylation is 2. The second-order valence-electron chi connectivity index (χ2n) is 6.85. The fourth-order valence-corrected chi connectivity index (χ4v) is 3.11. The van der Waals surface area contributed by atoms with Crippen LogP contribution in [-0.2, 0) is 0 Å². The van der Waals surface area contributed by atoms with E-state index in [2.05, 4.69) is 15.6 Å². The third-order valence-electron chi connectivity index (χ3n) is 4.89. The summed E-state index contributed by atoms with van der Waals surface area (Å²) < 4.78 is 0. The first-order chi connectivity index (χ1) is 12.9. The lowest BCUT2D eigenvalue weighted by Crippen LogP contribution is -2.48. The molecule has 3 amide bonds. The van der Waals surface area contributed by atoms with Crippen molar-refractivity contribution in [2.24, 2.45) is 0 Å². The second kappa shape index (κ2) is 8.07. The molecule has 7 heteroatoms. The Morgan fingerprint density at radius 2 is 1.78 bits per heavy atom. The van der Waals surface area contributed by atoms with Gasteiger partial charge in [-0.1, -0.05) is 18.2 Å². The zero-order chi connectivity index (χ0) is 19.4. The van der Waals surface area contributed by atoms with Crippen molar-refractivity contribution in [2.75, 3.05) is 18.4 Å². The van der Waals surface area contributed by atoms with E-state index in [-0.39, 0.29) is 29.1 Å². The van der Waals surface area contributed by atoms with Gasteiger partial charge in [-0.15, -0.1) is 0 Å². The molecular formula is C20H24N4O3. The van der Waals surface area contributed by atoms with Gasteiger partial charge >= 0.3 is 6.03 Å². The topological polar surface area (TPSA) is 94.3 Å². The van der Waals surface area contributed by atoms with Crippen LogP contribution in [0.2, 0.25) is 0 Å². The van der Waals surface area contributed by atoms with Crippen LogP contribution in [0, 0.1) is 13.8 Å². The number of aromatic nitrogens is 1. The Morgan fingerprint density at radius 3 is 2.44 bits per heavy atom. The van der Waals surface area contributed by atoms with E-state index in [4.69, 9.17) is 0 Å². The number of piperidine rings is 1. The van der Waals surface area contributed by atoms with Gasteiger partial charge in [0.2, 0.25) is 0 Å². The van der Waals surface area contributed by atoms with E-state index in [1.54, 1.807) is 17.9 Å². The Hall–Kier alpha value is -3.09. The van der Waals surface area contributed by atoms with Crippen molar-refractivity contribution < 1.29 is 9.59 Å². The molecular weight excluding hydrogens is 344 g/mol. The number of aromatic amines is 1. The van der Waals surface area contributed by atoms with E-state index in [0.717, 1.165) is 16.9 Å². The molecule has 0 atom stereocenters. The standard InChI is InChI=1S/C20H24N4O3/c1-13-12-17(18(25)21-14(13)2)19(26)22-16-8-10-24(11-9-16)20(27)23-15-6-4-3-5-7-15/h3-7,12,16H,8-11H2,1-2H3,(H,21,25)(H,22,26)(H,23,27). The summed E-state index contributed by atoms with van der Waals surface area (Å²) in [6.07, 6.45) is 1.30. The van der Waals surface area contributed by atoms with Gasteiger partial charge in [-0.2, -0.15) is 0 Å². The Balaban J connectivity index is 1.53. The third kappa shape index (κ3) is 4.55. The normalized spacial score (nSPS) is 14.7. The van der Waals surface area contributed by atoms with E-state index in [9.17, 15) is 14.4 Å². The van der Waals surface area contributed by atoms with Crippen molar-refractivity contribution in [3.8, 4) is 0 Å². The van der Waals surface area contributed by atoms with Crippen LogP contribution in [0.1, 0.15) is 34.5 Å². The van der Waals surface area contributed by atoms with Crippen LogP contribution >= 0.6 is 0 Å². The highest BCUT2D eigenvalue weighted by molar-refractivity contribution is 5.94. The number of urea groups is 1. The highest BCUT2D eigenvalue weighted by Crippen LogP contribution is 2.14. The molecule has 2 aromatic rings. The lowest BCUT2D eigenvalue weighted by Gasteiger charge is -2.32. The molecule has 7 nitrogen and oxygen atoms in total. The molecule has 1 aliphatic heterocycles. The molecule has 0 spiro atoms. The number of carbonyl (C=O) groups excluding carboxylic acids is 2. The number of hydrogen-bond acceptors (Lipinski definition) is 3.